The topological polar surface area (TPSA) is 65.6 Å². The van der Waals surface area contributed by atoms with E-state index < -0.39 is 0 Å². The molecule has 0 spiro atoms. The first kappa shape index (κ1) is 19.5. The standard InChI is InChI=1S/C24H28N2O3/c1-16-7-5-8-17(2)24(16)29-12-6-11-23(28)26-14-22-20(13-18(26)15-27)19-9-3-4-10-21(19)25-22/h3-5,7-10,18,25,27H,6,11-15H2,1-2H3. The number of aryl methyl sites for hydroxylation is 2. The molecule has 0 saturated heterocycles. The van der Waals surface area contributed by atoms with Crippen LogP contribution in [-0.4, -0.2) is 40.2 Å². The normalized spacial score (nSPS) is 16.1. The van der Waals surface area contributed by atoms with E-state index in [-0.39, 0.29) is 18.6 Å². The van der Waals surface area contributed by atoms with Crippen molar-refractivity contribution in [2.24, 2.45) is 0 Å². The number of aromatic nitrogens is 1. The Bertz CT molecular complexity index is 1000. The van der Waals surface area contributed by atoms with Crippen LogP contribution in [0.1, 0.15) is 35.2 Å². The molecule has 1 atom stereocenters. The number of H-pyrrole nitrogens is 1. The van der Waals surface area contributed by atoms with E-state index in [0.29, 0.717) is 32.4 Å². The molecule has 0 radical (unpaired) electrons. The zero-order valence-corrected chi connectivity index (χ0v) is 17.1. The van der Waals surface area contributed by atoms with Gasteiger partial charge in [-0.1, -0.05) is 36.4 Å². The van der Waals surface area contributed by atoms with E-state index in [4.69, 9.17) is 4.74 Å². The van der Waals surface area contributed by atoms with Gasteiger partial charge in [0.1, 0.15) is 5.75 Å². The molecule has 4 rings (SSSR count). The predicted octanol–water partition coefficient (Wildman–Crippen LogP) is 3.89. The van der Waals surface area contributed by atoms with Gasteiger partial charge in [0.15, 0.2) is 0 Å². The molecule has 0 fully saturated rings. The van der Waals surface area contributed by atoms with Crippen molar-refractivity contribution in [1.29, 1.82) is 0 Å². The molecule has 1 aliphatic heterocycles. The fourth-order valence-electron chi connectivity index (χ4n) is 4.29. The highest BCUT2D eigenvalue weighted by molar-refractivity contribution is 5.86. The Hall–Kier alpha value is -2.79. The Morgan fingerprint density at radius 3 is 2.69 bits per heavy atom. The van der Waals surface area contributed by atoms with E-state index in [1.54, 1.807) is 0 Å². The van der Waals surface area contributed by atoms with Gasteiger partial charge in [0.05, 0.1) is 25.8 Å². The molecule has 29 heavy (non-hydrogen) atoms. The van der Waals surface area contributed by atoms with Crippen LogP contribution in [0.15, 0.2) is 42.5 Å². The average Bonchev–Trinajstić information content (AvgIpc) is 3.09. The Labute approximate surface area is 171 Å². The lowest BCUT2D eigenvalue weighted by atomic mass is 9.96. The van der Waals surface area contributed by atoms with Crippen molar-refractivity contribution in [3.63, 3.8) is 0 Å². The van der Waals surface area contributed by atoms with E-state index in [0.717, 1.165) is 28.1 Å². The second kappa shape index (κ2) is 8.29. The predicted molar refractivity (Wildman–Crippen MR) is 114 cm³/mol. The molecule has 0 saturated carbocycles. The van der Waals surface area contributed by atoms with Crippen molar-refractivity contribution in [1.82, 2.24) is 9.88 Å². The maximum absolute atomic E-state index is 12.9. The van der Waals surface area contributed by atoms with Crippen LogP contribution in [0.25, 0.3) is 10.9 Å². The number of aromatic amines is 1. The first-order valence-electron chi connectivity index (χ1n) is 10.3. The average molecular weight is 392 g/mol. The summed E-state index contributed by atoms with van der Waals surface area (Å²) in [6.45, 7) is 5.07. The van der Waals surface area contributed by atoms with Gasteiger partial charge in [-0.05, 0) is 49.4 Å². The molecule has 2 heterocycles. The van der Waals surface area contributed by atoms with E-state index in [1.165, 1.54) is 10.9 Å². The molecule has 1 unspecified atom stereocenters. The zero-order chi connectivity index (χ0) is 20.4. The minimum atomic E-state index is -0.172. The first-order valence-corrected chi connectivity index (χ1v) is 10.3. The van der Waals surface area contributed by atoms with Crippen molar-refractivity contribution in [2.45, 2.75) is 45.7 Å². The summed E-state index contributed by atoms with van der Waals surface area (Å²) in [5.74, 6) is 0.979. The van der Waals surface area contributed by atoms with E-state index >= 15 is 0 Å². The summed E-state index contributed by atoms with van der Waals surface area (Å²) >= 11 is 0. The van der Waals surface area contributed by atoms with Crippen molar-refractivity contribution in [3.8, 4) is 5.75 Å². The number of carbonyl (C=O) groups excluding carboxylic acids is 1. The number of benzene rings is 2. The monoisotopic (exact) mass is 392 g/mol. The number of aliphatic hydroxyl groups excluding tert-OH is 1. The summed E-state index contributed by atoms with van der Waals surface area (Å²) in [7, 11) is 0. The van der Waals surface area contributed by atoms with E-state index in [2.05, 4.69) is 17.1 Å². The third-order valence-electron chi connectivity index (χ3n) is 5.83. The van der Waals surface area contributed by atoms with Gasteiger partial charge >= 0.3 is 0 Å². The smallest absolute Gasteiger partial charge is 0.223 e. The number of nitrogens with one attached hydrogen (secondary N) is 1. The molecule has 3 aromatic rings. The van der Waals surface area contributed by atoms with Gasteiger partial charge in [0, 0.05) is 23.0 Å². The third kappa shape index (κ3) is 3.87. The molecule has 2 aromatic carbocycles. The summed E-state index contributed by atoms with van der Waals surface area (Å²) in [4.78, 5) is 18.1. The number of hydrogen-bond donors (Lipinski definition) is 2. The lowest BCUT2D eigenvalue weighted by molar-refractivity contribution is -0.136. The van der Waals surface area contributed by atoms with Crippen LogP contribution in [0.4, 0.5) is 0 Å². The Balaban J connectivity index is 1.39. The second-order valence-electron chi connectivity index (χ2n) is 7.86. The highest BCUT2D eigenvalue weighted by Gasteiger charge is 2.31. The van der Waals surface area contributed by atoms with Gasteiger partial charge in [0.2, 0.25) is 5.91 Å². The molecule has 152 valence electrons. The number of hydrogen-bond acceptors (Lipinski definition) is 3. The van der Waals surface area contributed by atoms with Crippen LogP contribution in [0, 0.1) is 13.8 Å². The molecule has 2 N–H and O–H groups in total. The molecular weight excluding hydrogens is 364 g/mol. The van der Waals surface area contributed by atoms with Crippen LogP contribution in [0.5, 0.6) is 5.75 Å². The Kier molecular flexibility index (Phi) is 5.58. The lowest BCUT2D eigenvalue weighted by Gasteiger charge is -2.35. The van der Waals surface area contributed by atoms with E-state index in [9.17, 15) is 9.90 Å². The molecule has 0 bridgehead atoms. The summed E-state index contributed by atoms with van der Waals surface area (Å²) < 4.78 is 5.93. The van der Waals surface area contributed by atoms with Crippen LogP contribution < -0.4 is 4.74 Å². The molecule has 1 aromatic heterocycles. The minimum absolute atomic E-state index is 0.0242. The maximum atomic E-state index is 12.9. The maximum Gasteiger partial charge on any atom is 0.223 e. The highest BCUT2D eigenvalue weighted by Crippen LogP contribution is 2.30. The number of para-hydroxylation sites is 2. The van der Waals surface area contributed by atoms with Crippen molar-refractivity contribution >= 4 is 16.8 Å². The summed E-state index contributed by atoms with van der Waals surface area (Å²) in [5, 5.41) is 11.1. The quantitative estimate of drug-likeness (QED) is 0.626. The molecule has 1 amide bonds. The van der Waals surface area contributed by atoms with Crippen LogP contribution in [-0.2, 0) is 17.8 Å². The number of nitrogens with zero attached hydrogens (tertiary/aromatic N) is 1. The second-order valence-corrected chi connectivity index (χ2v) is 7.86. The summed E-state index contributed by atoms with van der Waals surface area (Å²) in [6, 6.07) is 14.1. The SMILES string of the molecule is Cc1cccc(C)c1OCCCC(=O)N1Cc2[nH]c3ccccc3c2CC1CO. The Morgan fingerprint density at radius 1 is 1.17 bits per heavy atom. The fraction of sp³-hybridized carbons (Fsp3) is 0.375. The van der Waals surface area contributed by atoms with Gasteiger partial charge in [-0.2, -0.15) is 0 Å². The molecule has 5 heteroatoms. The number of amides is 1. The number of carbonyl (C=O) groups is 1. The van der Waals surface area contributed by atoms with Crippen LogP contribution in [0.3, 0.4) is 0 Å². The van der Waals surface area contributed by atoms with Crippen molar-refractivity contribution in [3.05, 3.63) is 64.8 Å². The van der Waals surface area contributed by atoms with Gasteiger partial charge in [-0.15, -0.1) is 0 Å². The number of ether oxygens (including phenoxy) is 1. The molecule has 1 aliphatic rings. The third-order valence-corrected chi connectivity index (χ3v) is 5.83. The van der Waals surface area contributed by atoms with Crippen LogP contribution in [0.2, 0.25) is 0 Å². The zero-order valence-electron chi connectivity index (χ0n) is 17.1. The van der Waals surface area contributed by atoms with Gasteiger partial charge in [-0.3, -0.25) is 4.79 Å². The molecule has 0 aliphatic carbocycles. The van der Waals surface area contributed by atoms with E-state index in [1.807, 2.05) is 49.1 Å². The van der Waals surface area contributed by atoms with Gasteiger partial charge in [-0.25, -0.2) is 0 Å². The van der Waals surface area contributed by atoms with Crippen molar-refractivity contribution < 1.29 is 14.6 Å². The first-order chi connectivity index (χ1) is 14.1. The van der Waals surface area contributed by atoms with Gasteiger partial charge in [0.25, 0.3) is 0 Å². The number of rotatable bonds is 6. The highest BCUT2D eigenvalue weighted by atomic mass is 16.5. The van der Waals surface area contributed by atoms with Crippen LogP contribution >= 0.6 is 0 Å². The van der Waals surface area contributed by atoms with Crippen molar-refractivity contribution in [2.75, 3.05) is 13.2 Å². The van der Waals surface area contributed by atoms with Gasteiger partial charge < -0.3 is 19.7 Å². The number of aliphatic hydroxyl groups is 1. The Morgan fingerprint density at radius 2 is 1.93 bits per heavy atom. The lowest BCUT2D eigenvalue weighted by Crippen LogP contribution is -2.46. The largest absolute Gasteiger partial charge is 0.493 e. The minimum Gasteiger partial charge on any atom is -0.493 e. The summed E-state index contributed by atoms with van der Waals surface area (Å²) in [5.41, 5.74) is 5.61. The molecule has 5 nitrogen and oxygen atoms in total. The molecular formula is C24H28N2O3. The summed E-state index contributed by atoms with van der Waals surface area (Å²) in [6.07, 6.45) is 1.75. The fourth-order valence-corrected chi connectivity index (χ4v) is 4.29. The number of fused-ring (bicyclic) bond motifs is 3.